The summed E-state index contributed by atoms with van der Waals surface area (Å²) in [4.78, 5) is 12.5. The molecule has 1 aromatic rings. The van der Waals surface area contributed by atoms with Gasteiger partial charge in [-0.25, -0.2) is 4.39 Å². The van der Waals surface area contributed by atoms with Gasteiger partial charge < -0.3 is 15.8 Å². The van der Waals surface area contributed by atoms with E-state index in [1.54, 1.807) is 12.1 Å². The number of nitrogens with two attached hydrogens (primary N) is 1. The molecule has 3 aliphatic carbocycles. The van der Waals surface area contributed by atoms with Gasteiger partial charge >= 0.3 is 0 Å². The summed E-state index contributed by atoms with van der Waals surface area (Å²) >= 11 is 0. The van der Waals surface area contributed by atoms with E-state index in [0.717, 1.165) is 38.5 Å². The van der Waals surface area contributed by atoms with Gasteiger partial charge in [0.15, 0.2) is 11.6 Å². The van der Waals surface area contributed by atoms with Crippen LogP contribution < -0.4 is 15.8 Å². The first-order chi connectivity index (χ1) is 11.1. The normalized spacial score (nSPS) is 31.2. The van der Waals surface area contributed by atoms with Crippen LogP contribution in [0.4, 0.5) is 10.1 Å². The molecule has 4 atom stereocenters. The molecule has 2 bridgehead atoms. The van der Waals surface area contributed by atoms with E-state index >= 15 is 0 Å². The fraction of sp³-hybridized carbons (Fsp3) is 0.611. The van der Waals surface area contributed by atoms with E-state index in [2.05, 4.69) is 5.32 Å². The molecular formula is C18H24ClFN2O2. The number of carbonyl (C=O) groups excluding carboxylic acids is 1. The van der Waals surface area contributed by atoms with Gasteiger partial charge in [-0.3, -0.25) is 4.79 Å². The number of nitrogens with one attached hydrogen (secondary N) is 1. The van der Waals surface area contributed by atoms with Gasteiger partial charge in [0.05, 0.1) is 12.0 Å². The van der Waals surface area contributed by atoms with E-state index in [9.17, 15) is 9.18 Å². The highest BCUT2D eigenvalue weighted by atomic mass is 35.5. The Balaban J connectivity index is 0.00000169. The highest BCUT2D eigenvalue weighted by molar-refractivity contribution is 5.93. The van der Waals surface area contributed by atoms with Gasteiger partial charge in [-0.2, -0.15) is 0 Å². The lowest BCUT2D eigenvalue weighted by atomic mass is 9.84. The molecule has 0 saturated heterocycles. The lowest BCUT2D eigenvalue weighted by molar-refractivity contribution is -0.121. The van der Waals surface area contributed by atoms with Gasteiger partial charge in [-0.1, -0.05) is 0 Å². The standard InChI is InChI=1S/C18H23FN2O2.ClH/c19-14-9-12(6-7-15(14)23-13-2-1-3-13)21-18(22)16-10-4-5-11(8-10)17(16)20;/h6-7,9-11,13,16-17H,1-5,8,20H2,(H,21,22);1H. The number of fused-ring (bicyclic) bond motifs is 2. The number of hydrogen-bond acceptors (Lipinski definition) is 3. The zero-order valence-corrected chi connectivity index (χ0v) is 14.4. The van der Waals surface area contributed by atoms with Crippen molar-refractivity contribution in [3.8, 4) is 5.75 Å². The molecule has 4 unspecified atom stereocenters. The molecule has 24 heavy (non-hydrogen) atoms. The quantitative estimate of drug-likeness (QED) is 0.869. The minimum atomic E-state index is -0.424. The first-order valence-corrected chi connectivity index (χ1v) is 8.64. The minimum absolute atomic E-state index is 0. The molecule has 0 heterocycles. The van der Waals surface area contributed by atoms with Gasteiger partial charge in [0, 0.05) is 17.8 Å². The van der Waals surface area contributed by atoms with Crippen LogP contribution in [0, 0.1) is 23.6 Å². The van der Waals surface area contributed by atoms with Crippen LogP contribution in [-0.4, -0.2) is 18.1 Å². The molecule has 1 aromatic carbocycles. The number of amides is 1. The second-order valence-electron chi connectivity index (χ2n) is 7.24. The maximum absolute atomic E-state index is 14.1. The molecule has 0 aliphatic heterocycles. The number of ether oxygens (including phenoxy) is 1. The first-order valence-electron chi connectivity index (χ1n) is 8.64. The maximum atomic E-state index is 14.1. The summed E-state index contributed by atoms with van der Waals surface area (Å²) in [7, 11) is 0. The van der Waals surface area contributed by atoms with Crippen LogP contribution in [-0.2, 0) is 4.79 Å². The zero-order valence-electron chi connectivity index (χ0n) is 13.5. The van der Waals surface area contributed by atoms with Crippen LogP contribution in [0.25, 0.3) is 0 Å². The Bertz CT molecular complexity index is 621. The molecule has 0 spiro atoms. The molecule has 3 saturated carbocycles. The van der Waals surface area contributed by atoms with Crippen molar-refractivity contribution in [2.24, 2.45) is 23.5 Å². The van der Waals surface area contributed by atoms with Crippen molar-refractivity contribution >= 4 is 24.0 Å². The van der Waals surface area contributed by atoms with E-state index in [1.165, 1.54) is 6.07 Å². The summed E-state index contributed by atoms with van der Waals surface area (Å²) in [5.74, 6) is 0.502. The lowest BCUT2D eigenvalue weighted by Gasteiger charge is -2.27. The van der Waals surface area contributed by atoms with Crippen LogP contribution >= 0.6 is 12.4 Å². The van der Waals surface area contributed by atoms with Gasteiger partial charge in [0.2, 0.25) is 5.91 Å². The average molecular weight is 355 g/mol. The molecule has 0 radical (unpaired) electrons. The molecule has 1 amide bonds. The lowest BCUT2D eigenvalue weighted by Crippen LogP contribution is -2.42. The Morgan fingerprint density at radius 1 is 1.21 bits per heavy atom. The van der Waals surface area contributed by atoms with E-state index < -0.39 is 5.82 Å². The van der Waals surface area contributed by atoms with Crippen molar-refractivity contribution < 1.29 is 13.9 Å². The Morgan fingerprint density at radius 3 is 2.54 bits per heavy atom. The number of halogens is 2. The summed E-state index contributed by atoms with van der Waals surface area (Å²) in [6, 6.07) is 4.59. The van der Waals surface area contributed by atoms with Gasteiger partial charge in [0.1, 0.15) is 0 Å². The highest BCUT2D eigenvalue weighted by Crippen LogP contribution is 2.48. The average Bonchev–Trinajstić information content (AvgIpc) is 3.05. The minimum Gasteiger partial charge on any atom is -0.487 e. The maximum Gasteiger partial charge on any atom is 0.229 e. The number of hydrogen-bond donors (Lipinski definition) is 2. The largest absolute Gasteiger partial charge is 0.487 e. The molecule has 132 valence electrons. The molecule has 4 rings (SSSR count). The summed E-state index contributed by atoms with van der Waals surface area (Å²) in [6.07, 6.45) is 6.53. The Hall–Kier alpha value is -1.33. The Kier molecular flexibility index (Phi) is 5.02. The van der Waals surface area contributed by atoms with Gasteiger partial charge in [-0.15, -0.1) is 12.4 Å². The van der Waals surface area contributed by atoms with Crippen LogP contribution in [0.2, 0.25) is 0 Å². The third-order valence-corrected chi connectivity index (χ3v) is 5.83. The van der Waals surface area contributed by atoms with Crippen molar-refractivity contribution in [2.45, 2.75) is 50.7 Å². The SMILES string of the molecule is Cl.NC1C2CCC(C2)C1C(=O)Nc1ccc(OC2CCC2)c(F)c1. The molecule has 6 heteroatoms. The number of rotatable bonds is 4. The number of carbonyl (C=O) groups is 1. The number of benzene rings is 1. The summed E-state index contributed by atoms with van der Waals surface area (Å²) in [5, 5.41) is 2.83. The van der Waals surface area contributed by atoms with Crippen LogP contribution in [0.3, 0.4) is 0 Å². The van der Waals surface area contributed by atoms with Gasteiger partial charge in [0.25, 0.3) is 0 Å². The first kappa shape index (κ1) is 17.5. The molecule has 3 aliphatic rings. The topological polar surface area (TPSA) is 64.4 Å². The van der Waals surface area contributed by atoms with E-state index in [-0.39, 0.29) is 42.1 Å². The summed E-state index contributed by atoms with van der Waals surface area (Å²) < 4.78 is 19.7. The third-order valence-electron chi connectivity index (χ3n) is 5.83. The molecular weight excluding hydrogens is 331 g/mol. The third kappa shape index (κ3) is 3.11. The molecule has 4 nitrogen and oxygen atoms in total. The fourth-order valence-electron chi connectivity index (χ4n) is 4.29. The summed E-state index contributed by atoms with van der Waals surface area (Å²) in [6.45, 7) is 0. The van der Waals surface area contributed by atoms with Crippen molar-refractivity contribution in [1.29, 1.82) is 0 Å². The van der Waals surface area contributed by atoms with Crippen molar-refractivity contribution in [1.82, 2.24) is 0 Å². The van der Waals surface area contributed by atoms with Crippen molar-refractivity contribution in [3.05, 3.63) is 24.0 Å². The predicted octanol–water partition coefficient (Wildman–Crippen LogP) is 3.49. The summed E-state index contributed by atoms with van der Waals surface area (Å²) in [5.41, 5.74) is 6.67. The highest BCUT2D eigenvalue weighted by Gasteiger charge is 2.49. The Labute approximate surface area is 147 Å². The second-order valence-corrected chi connectivity index (χ2v) is 7.24. The smallest absolute Gasteiger partial charge is 0.229 e. The molecule has 0 aromatic heterocycles. The van der Waals surface area contributed by atoms with Gasteiger partial charge in [-0.05, 0) is 62.5 Å². The van der Waals surface area contributed by atoms with Crippen LogP contribution in [0.1, 0.15) is 38.5 Å². The predicted molar refractivity (Wildman–Crippen MR) is 92.8 cm³/mol. The van der Waals surface area contributed by atoms with Crippen molar-refractivity contribution in [3.63, 3.8) is 0 Å². The Morgan fingerprint density at radius 2 is 1.96 bits per heavy atom. The monoisotopic (exact) mass is 354 g/mol. The van der Waals surface area contributed by atoms with Crippen LogP contribution in [0.15, 0.2) is 18.2 Å². The van der Waals surface area contributed by atoms with E-state index in [4.69, 9.17) is 10.5 Å². The second kappa shape index (κ2) is 6.89. The van der Waals surface area contributed by atoms with Crippen molar-refractivity contribution in [2.75, 3.05) is 5.32 Å². The number of anilines is 1. The molecule has 3 fully saturated rings. The van der Waals surface area contributed by atoms with Crippen LogP contribution in [0.5, 0.6) is 5.75 Å². The molecule has 3 N–H and O–H groups in total. The fourth-order valence-corrected chi connectivity index (χ4v) is 4.29. The van der Waals surface area contributed by atoms with E-state index in [0.29, 0.717) is 17.5 Å². The zero-order chi connectivity index (χ0) is 16.0. The van der Waals surface area contributed by atoms with E-state index in [1.807, 2.05) is 0 Å².